The monoisotopic (exact) mass is 555 g/mol. The number of pyridine rings is 1. The number of nitrogens with one attached hydrogen (secondary N) is 2. The molecular weight excluding hydrogens is 528 g/mol. The predicted octanol–water partition coefficient (Wildman–Crippen LogP) is 4.95. The van der Waals surface area contributed by atoms with Crippen molar-refractivity contribution in [1.82, 2.24) is 20.6 Å². The number of ether oxygens (including phenoxy) is 1. The first-order valence-corrected chi connectivity index (χ1v) is 10.8. The molecule has 3 rings (SSSR count). The number of thiazole rings is 1. The van der Waals surface area contributed by atoms with Crippen LogP contribution >= 0.6 is 35.3 Å². The predicted molar refractivity (Wildman–Crippen MR) is 134 cm³/mol. The average molecular weight is 555 g/mol. The van der Waals surface area contributed by atoms with Crippen LogP contribution in [0.2, 0.25) is 0 Å². The summed E-state index contributed by atoms with van der Waals surface area (Å²) in [5.41, 5.74) is 0.964. The number of hydrogen-bond donors (Lipinski definition) is 2. The highest BCUT2D eigenvalue weighted by Crippen LogP contribution is 2.19. The van der Waals surface area contributed by atoms with Gasteiger partial charge in [-0.25, -0.2) is 19.4 Å². The molecule has 9 heteroatoms. The van der Waals surface area contributed by atoms with E-state index in [0.717, 1.165) is 42.5 Å². The number of aliphatic imine (C=N–C) groups is 1. The maximum Gasteiger partial charge on any atom is 0.219 e. The van der Waals surface area contributed by atoms with Crippen LogP contribution < -0.4 is 15.4 Å². The molecule has 2 heterocycles. The molecule has 0 radical (unpaired) electrons. The first-order chi connectivity index (χ1) is 14.7. The van der Waals surface area contributed by atoms with Crippen molar-refractivity contribution < 1.29 is 9.13 Å². The van der Waals surface area contributed by atoms with E-state index in [1.54, 1.807) is 35.7 Å². The van der Waals surface area contributed by atoms with Gasteiger partial charge in [0.25, 0.3) is 0 Å². The minimum Gasteiger partial charge on any atom is -0.439 e. The largest absolute Gasteiger partial charge is 0.439 e. The van der Waals surface area contributed by atoms with Gasteiger partial charge in [0.05, 0.1) is 11.6 Å². The lowest BCUT2D eigenvalue weighted by molar-refractivity contribution is 0.461. The average Bonchev–Trinajstić information content (AvgIpc) is 3.23. The molecule has 6 nitrogen and oxygen atoms in total. The Bertz CT molecular complexity index is 947. The van der Waals surface area contributed by atoms with E-state index in [9.17, 15) is 4.39 Å². The van der Waals surface area contributed by atoms with E-state index in [1.807, 2.05) is 19.2 Å². The van der Waals surface area contributed by atoms with Gasteiger partial charge in [0.2, 0.25) is 5.88 Å². The standard InChI is InChI=1S/C22H26FN5OS.HI/c1-3-19-15-27-21(30-19)11-12-25-22(24-4-2)28-14-16-5-10-20(26-13-16)29-18-8-6-17(23)7-9-18;/h5-10,13,15H,3-4,11-12,14H2,1-2H3,(H2,24,25,28);1H. The Balaban J connectivity index is 0.00000341. The molecule has 0 saturated heterocycles. The van der Waals surface area contributed by atoms with E-state index in [-0.39, 0.29) is 29.8 Å². The van der Waals surface area contributed by atoms with Crippen LogP contribution in [0.15, 0.2) is 53.8 Å². The molecule has 0 fully saturated rings. The molecule has 0 spiro atoms. The second kappa shape index (κ2) is 13.2. The van der Waals surface area contributed by atoms with Gasteiger partial charge in [-0.15, -0.1) is 35.3 Å². The first kappa shape index (κ1) is 25.0. The van der Waals surface area contributed by atoms with Crippen molar-refractivity contribution in [2.45, 2.75) is 33.2 Å². The molecule has 0 aliphatic heterocycles. The number of aryl methyl sites for hydroxylation is 1. The molecule has 0 amide bonds. The van der Waals surface area contributed by atoms with Crippen molar-refractivity contribution in [3.05, 3.63) is 70.1 Å². The van der Waals surface area contributed by atoms with Crippen molar-refractivity contribution in [1.29, 1.82) is 0 Å². The fourth-order valence-corrected chi connectivity index (χ4v) is 3.48. The van der Waals surface area contributed by atoms with Gasteiger partial charge in [-0.1, -0.05) is 13.0 Å². The molecule has 2 N–H and O–H groups in total. The maximum absolute atomic E-state index is 13.0. The molecule has 166 valence electrons. The topological polar surface area (TPSA) is 71.4 Å². The fourth-order valence-electron chi connectivity index (χ4n) is 2.62. The molecule has 0 saturated carbocycles. The summed E-state index contributed by atoms with van der Waals surface area (Å²) < 4.78 is 18.6. The Hall–Kier alpha value is -2.27. The summed E-state index contributed by atoms with van der Waals surface area (Å²) in [6.07, 6.45) is 5.58. The lowest BCUT2D eigenvalue weighted by atomic mass is 10.3. The van der Waals surface area contributed by atoms with Crippen LogP contribution in [0.3, 0.4) is 0 Å². The van der Waals surface area contributed by atoms with Gasteiger partial charge in [-0.3, -0.25) is 0 Å². The first-order valence-electron chi connectivity index (χ1n) is 10.0. The van der Waals surface area contributed by atoms with Crippen molar-refractivity contribution in [2.75, 3.05) is 13.1 Å². The zero-order valence-corrected chi connectivity index (χ0v) is 20.7. The van der Waals surface area contributed by atoms with E-state index in [4.69, 9.17) is 4.74 Å². The van der Waals surface area contributed by atoms with Crippen molar-refractivity contribution >= 4 is 41.3 Å². The highest BCUT2D eigenvalue weighted by atomic mass is 127. The lowest BCUT2D eigenvalue weighted by Crippen LogP contribution is -2.38. The van der Waals surface area contributed by atoms with Crippen molar-refractivity contribution in [3.63, 3.8) is 0 Å². The minimum absolute atomic E-state index is 0. The summed E-state index contributed by atoms with van der Waals surface area (Å²) >= 11 is 1.76. The molecule has 0 aliphatic carbocycles. The van der Waals surface area contributed by atoms with Crippen molar-refractivity contribution in [2.24, 2.45) is 4.99 Å². The second-order valence-corrected chi connectivity index (χ2v) is 7.71. The third-order valence-electron chi connectivity index (χ3n) is 4.18. The van der Waals surface area contributed by atoms with E-state index in [2.05, 4.69) is 32.5 Å². The molecular formula is C22H27FIN5OS. The summed E-state index contributed by atoms with van der Waals surface area (Å²) in [5.74, 6) is 1.45. The SMILES string of the molecule is CCNC(=NCc1ccc(Oc2ccc(F)cc2)nc1)NCCc1ncc(CC)s1.I. The summed E-state index contributed by atoms with van der Waals surface area (Å²) in [5, 5.41) is 7.73. The van der Waals surface area contributed by atoms with Crippen LogP contribution in [0.25, 0.3) is 0 Å². The summed E-state index contributed by atoms with van der Waals surface area (Å²) in [6.45, 7) is 6.23. The number of guanidine groups is 1. The van der Waals surface area contributed by atoms with E-state index >= 15 is 0 Å². The third kappa shape index (κ3) is 8.41. The van der Waals surface area contributed by atoms with Crippen LogP contribution in [0.1, 0.15) is 29.3 Å². The Morgan fingerprint density at radius 1 is 1.06 bits per heavy atom. The van der Waals surface area contributed by atoms with Crippen LogP contribution in [0.5, 0.6) is 11.6 Å². The van der Waals surface area contributed by atoms with Gasteiger partial charge in [-0.05, 0) is 43.2 Å². The van der Waals surface area contributed by atoms with Crippen molar-refractivity contribution in [3.8, 4) is 11.6 Å². The Morgan fingerprint density at radius 2 is 1.87 bits per heavy atom. The Kier molecular flexibility index (Phi) is 10.6. The zero-order chi connectivity index (χ0) is 21.2. The zero-order valence-electron chi connectivity index (χ0n) is 17.6. The molecule has 0 aliphatic rings. The van der Waals surface area contributed by atoms with Gasteiger partial charge >= 0.3 is 0 Å². The Morgan fingerprint density at radius 3 is 2.52 bits per heavy atom. The number of halogens is 2. The number of benzene rings is 1. The van der Waals surface area contributed by atoms with Gasteiger partial charge < -0.3 is 15.4 Å². The van der Waals surface area contributed by atoms with Gasteiger partial charge in [0, 0.05) is 42.8 Å². The molecule has 2 aromatic heterocycles. The van der Waals surface area contributed by atoms with Crippen LogP contribution in [-0.4, -0.2) is 29.0 Å². The second-order valence-electron chi connectivity index (χ2n) is 6.51. The maximum atomic E-state index is 13.0. The normalized spacial score (nSPS) is 11.0. The highest BCUT2D eigenvalue weighted by Gasteiger charge is 2.03. The molecule has 0 bridgehead atoms. The molecule has 3 aromatic rings. The lowest BCUT2D eigenvalue weighted by Gasteiger charge is -2.10. The van der Waals surface area contributed by atoms with E-state index in [0.29, 0.717) is 18.2 Å². The van der Waals surface area contributed by atoms with Gasteiger partial charge in [0.15, 0.2) is 5.96 Å². The van der Waals surface area contributed by atoms with Gasteiger partial charge in [0.1, 0.15) is 11.6 Å². The van der Waals surface area contributed by atoms with E-state index in [1.165, 1.54) is 17.0 Å². The van der Waals surface area contributed by atoms with E-state index < -0.39 is 0 Å². The molecule has 0 atom stereocenters. The van der Waals surface area contributed by atoms with Crippen LogP contribution in [0, 0.1) is 5.82 Å². The van der Waals surface area contributed by atoms with Crippen LogP contribution in [0.4, 0.5) is 4.39 Å². The molecule has 31 heavy (non-hydrogen) atoms. The quantitative estimate of drug-likeness (QED) is 0.222. The summed E-state index contributed by atoms with van der Waals surface area (Å²) in [7, 11) is 0. The summed E-state index contributed by atoms with van der Waals surface area (Å²) in [4.78, 5) is 14.7. The van der Waals surface area contributed by atoms with Gasteiger partial charge in [-0.2, -0.15) is 0 Å². The molecule has 0 unspecified atom stereocenters. The minimum atomic E-state index is -0.300. The van der Waals surface area contributed by atoms with Crippen LogP contribution in [-0.2, 0) is 19.4 Å². The smallest absolute Gasteiger partial charge is 0.219 e. The molecule has 1 aromatic carbocycles. The number of nitrogens with zero attached hydrogens (tertiary/aromatic N) is 3. The number of aromatic nitrogens is 2. The number of hydrogen-bond acceptors (Lipinski definition) is 5. The third-order valence-corrected chi connectivity index (χ3v) is 5.38. The summed E-state index contributed by atoms with van der Waals surface area (Å²) in [6, 6.07) is 9.54. The fraction of sp³-hybridized carbons (Fsp3) is 0.318. The Labute approximate surface area is 203 Å². The highest BCUT2D eigenvalue weighted by molar-refractivity contribution is 14.0. The number of rotatable bonds is 9.